The molecule has 0 bridgehead atoms. The number of methoxy groups -OCH3 is 1. The molecule has 6 heteroatoms. The van der Waals surface area contributed by atoms with Gasteiger partial charge in [-0.25, -0.2) is 0 Å². The molecule has 0 saturated carbocycles. The number of hydrogen-bond acceptors (Lipinski definition) is 4. The fourth-order valence-corrected chi connectivity index (χ4v) is 1.43. The molecule has 0 spiro atoms. The van der Waals surface area contributed by atoms with E-state index in [2.05, 4.69) is 5.16 Å². The molecule has 3 N–H and O–H groups in total. The first-order valence-corrected chi connectivity index (χ1v) is 5.39. The van der Waals surface area contributed by atoms with Crippen molar-refractivity contribution in [3.05, 3.63) is 29.8 Å². The SMILES string of the molecule is COC(C)C(=O)N(C)c1cccc(/C(N)=N/O)c1. The number of carbonyl (C=O) groups excluding carboxylic acids is 1. The van der Waals surface area contributed by atoms with Gasteiger partial charge in [0.2, 0.25) is 0 Å². The van der Waals surface area contributed by atoms with Crippen LogP contribution >= 0.6 is 0 Å². The minimum absolute atomic E-state index is 0.00233. The molecule has 1 atom stereocenters. The van der Waals surface area contributed by atoms with Crippen molar-refractivity contribution in [2.45, 2.75) is 13.0 Å². The molecule has 0 fully saturated rings. The van der Waals surface area contributed by atoms with E-state index in [0.717, 1.165) is 0 Å². The molecule has 0 aliphatic heterocycles. The van der Waals surface area contributed by atoms with E-state index in [9.17, 15) is 4.79 Å². The van der Waals surface area contributed by atoms with Gasteiger partial charge in [0, 0.05) is 25.4 Å². The molecule has 18 heavy (non-hydrogen) atoms. The highest BCUT2D eigenvalue weighted by atomic mass is 16.5. The Kier molecular flexibility index (Phi) is 4.67. The van der Waals surface area contributed by atoms with Gasteiger partial charge in [0.05, 0.1) is 0 Å². The Labute approximate surface area is 106 Å². The summed E-state index contributed by atoms with van der Waals surface area (Å²) in [5.41, 5.74) is 6.68. The number of benzene rings is 1. The van der Waals surface area contributed by atoms with Gasteiger partial charge >= 0.3 is 0 Å². The molecule has 1 amide bonds. The van der Waals surface area contributed by atoms with Crippen LogP contribution in [-0.2, 0) is 9.53 Å². The van der Waals surface area contributed by atoms with Crippen molar-refractivity contribution in [2.24, 2.45) is 10.9 Å². The van der Waals surface area contributed by atoms with Gasteiger partial charge in [-0.05, 0) is 19.1 Å². The maximum Gasteiger partial charge on any atom is 0.255 e. The smallest absolute Gasteiger partial charge is 0.255 e. The van der Waals surface area contributed by atoms with Gasteiger partial charge in [-0.2, -0.15) is 0 Å². The number of anilines is 1. The first-order valence-electron chi connectivity index (χ1n) is 5.39. The van der Waals surface area contributed by atoms with Crippen LogP contribution < -0.4 is 10.6 Å². The summed E-state index contributed by atoms with van der Waals surface area (Å²) >= 11 is 0. The van der Waals surface area contributed by atoms with Crippen molar-refractivity contribution in [3.63, 3.8) is 0 Å². The van der Waals surface area contributed by atoms with Crippen LogP contribution in [0, 0.1) is 0 Å². The molecular formula is C12H17N3O3. The summed E-state index contributed by atoms with van der Waals surface area (Å²) in [5.74, 6) is -0.174. The second-order valence-corrected chi connectivity index (χ2v) is 3.81. The number of nitrogens with zero attached hydrogens (tertiary/aromatic N) is 2. The lowest BCUT2D eigenvalue weighted by Gasteiger charge is -2.21. The lowest BCUT2D eigenvalue weighted by Crippen LogP contribution is -2.35. The van der Waals surface area contributed by atoms with Crippen molar-refractivity contribution in [3.8, 4) is 0 Å². The maximum atomic E-state index is 11.9. The molecule has 0 aromatic heterocycles. The Morgan fingerprint density at radius 3 is 2.78 bits per heavy atom. The second-order valence-electron chi connectivity index (χ2n) is 3.81. The normalized spacial score (nSPS) is 13.2. The van der Waals surface area contributed by atoms with E-state index in [4.69, 9.17) is 15.7 Å². The molecule has 98 valence electrons. The molecule has 6 nitrogen and oxygen atoms in total. The number of oxime groups is 1. The van der Waals surface area contributed by atoms with Crippen LogP contribution in [0.1, 0.15) is 12.5 Å². The summed E-state index contributed by atoms with van der Waals surface area (Å²) in [5, 5.41) is 11.5. The summed E-state index contributed by atoms with van der Waals surface area (Å²) < 4.78 is 4.97. The molecule has 0 saturated heterocycles. The van der Waals surface area contributed by atoms with Crippen molar-refractivity contribution in [2.75, 3.05) is 19.1 Å². The standard InChI is InChI=1S/C12H17N3O3/c1-8(18-3)12(16)15(2)10-6-4-5-9(7-10)11(13)14-17/h4-8,17H,1-3H3,(H2,13,14). The molecule has 1 aromatic carbocycles. The largest absolute Gasteiger partial charge is 0.409 e. The van der Waals surface area contributed by atoms with Gasteiger partial charge in [0.15, 0.2) is 5.84 Å². The van der Waals surface area contributed by atoms with E-state index < -0.39 is 6.10 Å². The Hall–Kier alpha value is -2.08. The molecule has 1 unspecified atom stereocenters. The fraction of sp³-hybridized carbons (Fsp3) is 0.333. The lowest BCUT2D eigenvalue weighted by molar-refractivity contribution is -0.127. The molecule has 0 radical (unpaired) electrons. The summed E-state index contributed by atoms with van der Waals surface area (Å²) in [6, 6.07) is 6.84. The third kappa shape index (κ3) is 2.98. The zero-order valence-electron chi connectivity index (χ0n) is 10.6. The van der Waals surface area contributed by atoms with Crippen molar-refractivity contribution in [1.29, 1.82) is 0 Å². The predicted octanol–water partition coefficient (Wildman–Crippen LogP) is 0.779. The lowest BCUT2D eigenvalue weighted by atomic mass is 10.1. The predicted molar refractivity (Wildman–Crippen MR) is 68.8 cm³/mol. The minimum atomic E-state index is -0.525. The van der Waals surface area contributed by atoms with E-state index in [-0.39, 0.29) is 11.7 Å². The Balaban J connectivity index is 3.00. The van der Waals surface area contributed by atoms with E-state index >= 15 is 0 Å². The third-order valence-corrected chi connectivity index (χ3v) is 2.67. The fourth-order valence-electron chi connectivity index (χ4n) is 1.43. The average molecular weight is 251 g/mol. The number of rotatable bonds is 4. The van der Waals surface area contributed by atoms with Crippen LogP contribution in [0.4, 0.5) is 5.69 Å². The van der Waals surface area contributed by atoms with Crippen molar-refractivity contribution in [1.82, 2.24) is 0 Å². The topological polar surface area (TPSA) is 88.2 Å². The average Bonchev–Trinajstić information content (AvgIpc) is 2.43. The molecule has 0 aliphatic carbocycles. The quantitative estimate of drug-likeness (QED) is 0.358. The Morgan fingerprint density at radius 2 is 2.22 bits per heavy atom. The van der Waals surface area contributed by atoms with Gasteiger partial charge in [0.1, 0.15) is 6.10 Å². The number of likely N-dealkylation sites (N-methyl/N-ethyl adjacent to an activating group) is 1. The van der Waals surface area contributed by atoms with Gasteiger partial charge < -0.3 is 20.6 Å². The second kappa shape index (κ2) is 6.02. The molecule has 1 rings (SSSR count). The Morgan fingerprint density at radius 1 is 1.56 bits per heavy atom. The third-order valence-electron chi connectivity index (χ3n) is 2.67. The number of carbonyl (C=O) groups is 1. The summed E-state index contributed by atoms with van der Waals surface area (Å²) in [6.45, 7) is 1.67. The monoisotopic (exact) mass is 251 g/mol. The number of amides is 1. The molecule has 1 aromatic rings. The zero-order valence-corrected chi connectivity index (χ0v) is 10.6. The van der Waals surface area contributed by atoms with Crippen LogP contribution in [0.2, 0.25) is 0 Å². The van der Waals surface area contributed by atoms with E-state index in [1.54, 1.807) is 38.2 Å². The molecule has 0 aliphatic rings. The van der Waals surface area contributed by atoms with Crippen molar-refractivity contribution >= 4 is 17.4 Å². The summed E-state index contributed by atoms with van der Waals surface area (Å²) in [7, 11) is 3.12. The van der Waals surface area contributed by atoms with Crippen LogP contribution in [0.25, 0.3) is 0 Å². The van der Waals surface area contributed by atoms with Gasteiger partial charge in [0.25, 0.3) is 5.91 Å². The zero-order chi connectivity index (χ0) is 13.7. The van der Waals surface area contributed by atoms with Crippen LogP contribution in [0.3, 0.4) is 0 Å². The van der Waals surface area contributed by atoms with Gasteiger partial charge in [-0.3, -0.25) is 4.79 Å². The molecular weight excluding hydrogens is 234 g/mol. The van der Waals surface area contributed by atoms with E-state index in [0.29, 0.717) is 11.3 Å². The Bertz CT molecular complexity index is 460. The number of nitrogens with two attached hydrogens (primary N) is 1. The highest BCUT2D eigenvalue weighted by molar-refractivity contribution is 6.00. The van der Waals surface area contributed by atoms with Gasteiger partial charge in [-0.15, -0.1) is 0 Å². The number of hydrogen-bond donors (Lipinski definition) is 2. The van der Waals surface area contributed by atoms with Crippen LogP contribution in [0.5, 0.6) is 0 Å². The maximum absolute atomic E-state index is 11.9. The number of amidine groups is 1. The van der Waals surface area contributed by atoms with Gasteiger partial charge in [-0.1, -0.05) is 17.3 Å². The first kappa shape index (κ1) is 14.0. The first-order chi connectivity index (χ1) is 8.51. The summed E-state index contributed by atoms with van der Waals surface area (Å²) in [6.07, 6.45) is -0.525. The summed E-state index contributed by atoms with van der Waals surface area (Å²) in [4.78, 5) is 13.4. The highest BCUT2D eigenvalue weighted by Crippen LogP contribution is 2.16. The number of ether oxygens (including phenoxy) is 1. The van der Waals surface area contributed by atoms with Crippen molar-refractivity contribution < 1.29 is 14.7 Å². The molecule has 0 heterocycles. The van der Waals surface area contributed by atoms with E-state index in [1.807, 2.05) is 0 Å². The minimum Gasteiger partial charge on any atom is -0.409 e. The van der Waals surface area contributed by atoms with Crippen LogP contribution in [-0.4, -0.2) is 37.2 Å². The highest BCUT2D eigenvalue weighted by Gasteiger charge is 2.18. The van der Waals surface area contributed by atoms with Crippen LogP contribution in [0.15, 0.2) is 29.4 Å². The van der Waals surface area contributed by atoms with E-state index in [1.165, 1.54) is 12.0 Å².